The molecule has 3 aromatic heterocycles. The molecule has 3 aromatic rings. The molecule has 0 radical (unpaired) electrons. The van der Waals surface area contributed by atoms with E-state index in [1.807, 2.05) is 0 Å². The Bertz CT molecular complexity index is 1820. The van der Waals surface area contributed by atoms with E-state index in [1.54, 1.807) is 0 Å². The minimum Gasteiger partial charge on any atom is -0.387 e. The number of alkyl halides is 2. The van der Waals surface area contributed by atoms with Gasteiger partial charge in [0, 0.05) is 0 Å². The highest BCUT2D eigenvalue weighted by atomic mass is 32.7. The highest BCUT2D eigenvalue weighted by Gasteiger charge is 2.54. The number of aromatic nitrogens is 6. The number of hydrogen-bond acceptors (Lipinski definition) is 16. The molecule has 18 nitrogen and oxygen atoms in total. The Hall–Kier alpha value is -2.52. The number of halogens is 2. The summed E-state index contributed by atoms with van der Waals surface area (Å²) in [6, 6.07) is 0. The predicted molar refractivity (Wildman–Crippen MR) is 155 cm³/mol. The normalized spacial score (nSPS) is 39.0. The molecule has 242 valence electrons. The maximum atomic E-state index is 16.0. The molecule has 0 saturated carbocycles. The lowest BCUT2D eigenvalue weighted by atomic mass is 10.1. The first-order valence-corrected chi connectivity index (χ1v) is 18.5. The monoisotopic (exact) mass is 709 g/mol. The van der Waals surface area contributed by atoms with Gasteiger partial charge in [-0.15, -0.1) is 0 Å². The number of thiol groups is 2. The number of fused-ring (bicyclic) bond motifs is 4. The maximum Gasteiger partial charge on any atom is 0.386 e. The van der Waals surface area contributed by atoms with Crippen LogP contribution in [-0.2, 0) is 36.7 Å². The highest BCUT2D eigenvalue weighted by molar-refractivity contribution is 8.44. The zero-order chi connectivity index (χ0) is 31.8. The topological polar surface area (TPSA) is 232 Å². The van der Waals surface area contributed by atoms with E-state index in [0.29, 0.717) is 0 Å². The van der Waals surface area contributed by atoms with E-state index in [-0.39, 0.29) is 40.7 Å². The average Bonchev–Trinajstić information content (AvgIpc) is 3.72. The van der Waals surface area contributed by atoms with Gasteiger partial charge in [-0.1, -0.05) is 24.5 Å². The van der Waals surface area contributed by atoms with Crippen molar-refractivity contribution in [3.63, 3.8) is 0 Å². The number of ketones is 1. The van der Waals surface area contributed by atoms with Crippen LogP contribution >= 0.6 is 38.1 Å². The standard InChI is InChI=1S/C21H23F2N9O9P2S2/c22-11-15-8(38-20(11)31-6-29-14-17(25)26-4-27-18(14)31)2-36-43(35,45)41-16-9(3-37-42(34,44)40-15)39-21(12(16)23)32-5-28-13-7(33)1-10(24)30-19(13)32/h4-6,8-9,11-12,15-16,20-21H,1-3H2,(H2,24,30)(H,34,44)(H,35,45)(H2,25,26,27)/t8-,9-,11-,12-,15-,16-,20-,21-,42+,43-/m1/s1. The molecule has 7 heterocycles. The number of imidazole rings is 2. The molecular weight excluding hydrogens is 686 g/mol. The zero-order valence-corrected chi connectivity index (χ0v) is 26.1. The quantitative estimate of drug-likeness (QED) is 0.221. The van der Waals surface area contributed by atoms with Gasteiger partial charge < -0.3 is 20.9 Å². The molecule has 4 N–H and O–H groups in total. The van der Waals surface area contributed by atoms with E-state index >= 15 is 8.78 Å². The second kappa shape index (κ2) is 11.3. The maximum absolute atomic E-state index is 16.0. The van der Waals surface area contributed by atoms with Crippen LogP contribution in [0.4, 0.5) is 20.4 Å². The molecule has 7 rings (SSSR count). The fraction of sp³-hybridized carbons (Fsp3) is 0.524. The van der Waals surface area contributed by atoms with Crippen molar-refractivity contribution in [3.8, 4) is 0 Å². The summed E-state index contributed by atoms with van der Waals surface area (Å²) in [4.78, 5) is 32.4. The molecule has 45 heavy (non-hydrogen) atoms. The van der Waals surface area contributed by atoms with Crippen molar-refractivity contribution >= 4 is 72.5 Å². The van der Waals surface area contributed by atoms with Crippen LogP contribution in [0, 0.1) is 0 Å². The number of carbonyl (C=O) groups is 1. The van der Waals surface area contributed by atoms with E-state index in [4.69, 9.17) is 39.0 Å². The van der Waals surface area contributed by atoms with Crippen molar-refractivity contribution in [1.82, 2.24) is 29.1 Å². The summed E-state index contributed by atoms with van der Waals surface area (Å²) in [5.74, 6) is -0.470. The average molecular weight is 710 g/mol. The summed E-state index contributed by atoms with van der Waals surface area (Å²) >= 11 is 7.96. The van der Waals surface area contributed by atoms with Crippen molar-refractivity contribution in [2.75, 3.05) is 18.9 Å². The van der Waals surface area contributed by atoms with Crippen molar-refractivity contribution in [3.05, 3.63) is 24.7 Å². The van der Waals surface area contributed by atoms with Gasteiger partial charge in [0.05, 0.1) is 32.3 Å². The number of carbonyl (C=O) groups excluding carboxylic acids is 1. The Balaban J connectivity index is 1.16. The third-order valence-corrected chi connectivity index (χ3v) is 10.6. The molecule has 4 aliphatic rings. The molecule has 0 amide bonds. The molecule has 0 spiro atoms. The Kier molecular flexibility index (Phi) is 7.82. The van der Waals surface area contributed by atoms with Crippen molar-refractivity contribution in [1.29, 1.82) is 0 Å². The third kappa shape index (κ3) is 5.60. The van der Waals surface area contributed by atoms with Gasteiger partial charge in [0.2, 0.25) is 0 Å². The smallest absolute Gasteiger partial charge is 0.386 e. The lowest BCUT2D eigenvalue weighted by Crippen LogP contribution is -2.36. The summed E-state index contributed by atoms with van der Waals surface area (Å²) in [5.41, 5.74) is 11.8. The van der Waals surface area contributed by atoms with Crippen LogP contribution in [0.25, 0.3) is 11.2 Å². The Morgan fingerprint density at radius 1 is 0.867 bits per heavy atom. The Morgan fingerprint density at radius 3 is 2.07 bits per heavy atom. The molecule has 3 saturated heterocycles. The minimum atomic E-state index is -4.43. The largest absolute Gasteiger partial charge is 0.387 e. The van der Waals surface area contributed by atoms with Gasteiger partial charge in [0.1, 0.15) is 42.1 Å². The zero-order valence-electron chi connectivity index (χ0n) is 22.5. The Labute approximate surface area is 261 Å². The summed E-state index contributed by atoms with van der Waals surface area (Å²) in [7, 11) is 0. The fourth-order valence-corrected chi connectivity index (χ4v) is 8.35. The summed E-state index contributed by atoms with van der Waals surface area (Å²) in [6.45, 7) is -10.2. The van der Waals surface area contributed by atoms with E-state index in [9.17, 15) is 13.9 Å². The number of ether oxygens (including phenoxy) is 2. The van der Waals surface area contributed by atoms with Crippen LogP contribution in [0.15, 0.2) is 24.0 Å². The molecule has 0 aromatic carbocycles. The molecule has 24 heteroatoms. The molecule has 3 fully saturated rings. The van der Waals surface area contributed by atoms with Crippen LogP contribution in [0.2, 0.25) is 0 Å². The molecular formula is C21H23F2N9O9P2S2. The van der Waals surface area contributed by atoms with Crippen molar-refractivity contribution < 1.29 is 50.3 Å². The lowest BCUT2D eigenvalue weighted by molar-refractivity contribution is -0.0547. The van der Waals surface area contributed by atoms with Gasteiger partial charge >= 0.3 is 13.6 Å². The molecule has 0 aliphatic carbocycles. The number of Topliss-reactive ketones (excluding diaryl/α,β-unsaturated/α-hetero) is 1. The van der Waals surface area contributed by atoms with Crippen LogP contribution in [0.1, 0.15) is 29.4 Å². The number of rotatable bonds is 2. The van der Waals surface area contributed by atoms with Gasteiger partial charge in [-0.25, -0.2) is 42.8 Å². The van der Waals surface area contributed by atoms with Crippen LogP contribution < -0.4 is 11.5 Å². The highest BCUT2D eigenvalue weighted by Crippen LogP contribution is 2.60. The fourth-order valence-electron chi connectivity index (χ4n) is 5.39. The van der Waals surface area contributed by atoms with E-state index in [2.05, 4.69) is 49.4 Å². The van der Waals surface area contributed by atoms with Crippen LogP contribution in [0.5, 0.6) is 0 Å². The molecule has 0 bridgehead atoms. The first-order valence-electron chi connectivity index (χ1n) is 13.1. The number of nitrogen functional groups attached to an aromatic ring is 1. The van der Waals surface area contributed by atoms with Crippen LogP contribution in [0.3, 0.4) is 0 Å². The second-order valence-corrected chi connectivity index (χ2v) is 16.0. The van der Waals surface area contributed by atoms with Crippen LogP contribution in [-0.4, -0.2) is 90.7 Å². The van der Waals surface area contributed by atoms with Gasteiger partial charge in [-0.2, -0.15) is 0 Å². The predicted octanol–water partition coefficient (Wildman–Crippen LogP) is 2.24. The summed E-state index contributed by atoms with van der Waals surface area (Å²) in [5, 5.41) is 0. The minimum absolute atomic E-state index is 0.0186. The van der Waals surface area contributed by atoms with E-state index < -0.39 is 81.8 Å². The van der Waals surface area contributed by atoms with E-state index in [1.165, 1.54) is 10.9 Å². The number of hydrogen-bond donors (Lipinski definition) is 4. The van der Waals surface area contributed by atoms with E-state index in [0.717, 1.165) is 17.2 Å². The first-order chi connectivity index (χ1) is 21.3. The lowest BCUT2D eigenvalue weighted by Gasteiger charge is -2.28. The molecule has 4 aliphatic heterocycles. The number of nitrogens with zero attached hydrogens (tertiary/aromatic N) is 7. The molecule has 10 atom stereocenters. The van der Waals surface area contributed by atoms with Gasteiger partial charge in [-0.05, 0) is 0 Å². The molecule has 0 unspecified atom stereocenters. The summed E-state index contributed by atoms with van der Waals surface area (Å²) in [6.07, 6.45) is -9.94. The van der Waals surface area contributed by atoms with Crippen molar-refractivity contribution in [2.45, 2.75) is 55.6 Å². The number of aliphatic imine (C=N–C) groups is 1. The third-order valence-electron chi connectivity index (χ3n) is 7.41. The Morgan fingerprint density at radius 2 is 1.44 bits per heavy atom. The van der Waals surface area contributed by atoms with Gasteiger partial charge in [-0.3, -0.25) is 32.0 Å². The summed E-state index contributed by atoms with van der Waals surface area (Å²) < 4.78 is 94.3. The number of anilines is 1. The first kappa shape index (κ1) is 31.1. The van der Waals surface area contributed by atoms with Gasteiger partial charge in [0.25, 0.3) is 0 Å². The number of amidine groups is 1. The second-order valence-electron chi connectivity index (χ2n) is 10.3. The number of nitrogens with two attached hydrogens (primary N) is 2. The van der Waals surface area contributed by atoms with Crippen molar-refractivity contribution in [2.24, 2.45) is 10.7 Å². The van der Waals surface area contributed by atoms with Gasteiger partial charge in [0.15, 0.2) is 53.6 Å². The SMILES string of the molecule is NC1=Nc2c(ncn2[C@@H]2O[C@@H]3CO[P@](=O)(S)O[C@H]4[C@@H](F)[C@H](n5cnc6c(N)ncnc65)O[C@@H]4CO[P@@](=O)(S)O[C@H]3[C@H]2F)C(=O)C1.